The van der Waals surface area contributed by atoms with Gasteiger partial charge in [0.05, 0.1) is 10.6 Å². The van der Waals surface area contributed by atoms with E-state index in [0.717, 1.165) is 19.3 Å². The maximum Gasteiger partial charge on any atom is 0.262 e. The fourth-order valence-corrected chi connectivity index (χ4v) is 4.16. The molecule has 0 unspecified atom stereocenters. The van der Waals surface area contributed by atoms with E-state index >= 15 is 0 Å². The number of hydrogen-bond donors (Lipinski definition) is 2. The Bertz CT molecular complexity index is 908. The zero-order valence-corrected chi connectivity index (χ0v) is 15.3. The summed E-state index contributed by atoms with van der Waals surface area (Å²) in [6, 6.07) is 11.4. The summed E-state index contributed by atoms with van der Waals surface area (Å²) in [5.41, 5.74) is 1.46. The largest absolute Gasteiger partial charge is 0.326 e. The summed E-state index contributed by atoms with van der Waals surface area (Å²) in [6.45, 7) is 1.71. The Morgan fingerprint density at radius 1 is 1.12 bits per heavy atom. The van der Waals surface area contributed by atoms with E-state index in [0.29, 0.717) is 22.0 Å². The summed E-state index contributed by atoms with van der Waals surface area (Å²) in [7, 11) is -3.79. The number of amides is 1. The number of benzene rings is 2. The molecule has 7 heteroatoms. The monoisotopic (exact) mass is 378 g/mol. The van der Waals surface area contributed by atoms with Crippen LogP contribution in [0.15, 0.2) is 47.4 Å². The van der Waals surface area contributed by atoms with E-state index < -0.39 is 10.0 Å². The van der Waals surface area contributed by atoms with Crippen LogP contribution >= 0.6 is 11.6 Å². The van der Waals surface area contributed by atoms with Gasteiger partial charge in [-0.05, 0) is 55.7 Å². The van der Waals surface area contributed by atoms with Crippen LogP contribution in [0, 0.1) is 12.8 Å². The summed E-state index contributed by atoms with van der Waals surface area (Å²) in [5, 5.41) is 3.25. The van der Waals surface area contributed by atoms with Crippen molar-refractivity contribution in [1.82, 2.24) is 0 Å². The van der Waals surface area contributed by atoms with E-state index in [1.807, 2.05) is 0 Å². The van der Waals surface area contributed by atoms with Gasteiger partial charge < -0.3 is 5.32 Å². The molecule has 1 saturated carbocycles. The van der Waals surface area contributed by atoms with Crippen LogP contribution in [0.5, 0.6) is 0 Å². The zero-order chi connectivity index (χ0) is 18.0. The van der Waals surface area contributed by atoms with Crippen LogP contribution in [0.4, 0.5) is 11.4 Å². The molecular formula is C18H19ClN2O3S. The van der Waals surface area contributed by atoms with Crippen molar-refractivity contribution in [1.29, 1.82) is 0 Å². The molecule has 1 aliphatic rings. The van der Waals surface area contributed by atoms with Gasteiger partial charge >= 0.3 is 0 Å². The molecule has 0 aromatic heterocycles. The third kappa shape index (κ3) is 4.14. The summed E-state index contributed by atoms with van der Waals surface area (Å²) in [5.74, 6) is -0.0211. The Labute approximate surface area is 152 Å². The SMILES string of the molecule is Cc1ccc(NC(=O)C2CCC2)cc1S(=O)(=O)Nc1cccc(Cl)c1. The van der Waals surface area contributed by atoms with E-state index in [1.54, 1.807) is 37.3 Å². The number of carbonyl (C=O) groups is 1. The van der Waals surface area contributed by atoms with Crippen LogP contribution in [0.2, 0.25) is 5.02 Å². The van der Waals surface area contributed by atoms with Crippen LogP contribution in [0.3, 0.4) is 0 Å². The van der Waals surface area contributed by atoms with E-state index in [-0.39, 0.29) is 16.7 Å². The van der Waals surface area contributed by atoms with Crippen molar-refractivity contribution in [2.24, 2.45) is 5.92 Å². The lowest BCUT2D eigenvalue weighted by atomic mass is 9.85. The Morgan fingerprint density at radius 3 is 2.52 bits per heavy atom. The molecule has 0 bridgehead atoms. The van der Waals surface area contributed by atoms with Crippen LogP contribution in [-0.4, -0.2) is 14.3 Å². The first-order valence-corrected chi connectivity index (χ1v) is 9.91. The molecule has 3 rings (SSSR count). The van der Waals surface area contributed by atoms with Gasteiger partial charge in [0.15, 0.2) is 0 Å². The average Bonchev–Trinajstić information content (AvgIpc) is 2.46. The van der Waals surface area contributed by atoms with Gasteiger partial charge in [-0.15, -0.1) is 0 Å². The van der Waals surface area contributed by atoms with Crippen molar-refractivity contribution in [3.8, 4) is 0 Å². The summed E-state index contributed by atoms with van der Waals surface area (Å²) in [6.07, 6.45) is 2.84. The van der Waals surface area contributed by atoms with Crippen LogP contribution < -0.4 is 10.0 Å². The van der Waals surface area contributed by atoms with Gasteiger partial charge in [-0.25, -0.2) is 8.42 Å². The Kier molecular flexibility index (Phi) is 5.01. The normalized spacial score (nSPS) is 14.6. The second kappa shape index (κ2) is 7.06. The molecule has 0 heterocycles. The molecule has 5 nitrogen and oxygen atoms in total. The third-order valence-corrected chi connectivity index (χ3v) is 6.06. The minimum absolute atomic E-state index is 0.0333. The predicted molar refractivity (Wildman–Crippen MR) is 99.4 cm³/mol. The molecule has 0 aliphatic heterocycles. The summed E-state index contributed by atoms with van der Waals surface area (Å²) in [4.78, 5) is 12.2. The molecule has 2 N–H and O–H groups in total. The van der Waals surface area contributed by atoms with E-state index in [2.05, 4.69) is 10.0 Å². The van der Waals surface area contributed by atoms with Gasteiger partial charge in [0.1, 0.15) is 0 Å². The Balaban J connectivity index is 1.84. The molecule has 0 atom stereocenters. The molecule has 0 saturated heterocycles. The van der Waals surface area contributed by atoms with Crippen molar-refractivity contribution in [2.45, 2.75) is 31.1 Å². The first kappa shape index (κ1) is 17.8. The Morgan fingerprint density at radius 2 is 1.88 bits per heavy atom. The number of anilines is 2. The molecule has 1 fully saturated rings. The number of nitrogens with one attached hydrogen (secondary N) is 2. The maximum absolute atomic E-state index is 12.7. The number of sulfonamides is 1. The average molecular weight is 379 g/mol. The molecular weight excluding hydrogens is 360 g/mol. The smallest absolute Gasteiger partial charge is 0.262 e. The fourth-order valence-electron chi connectivity index (χ4n) is 2.64. The van der Waals surface area contributed by atoms with Crippen molar-refractivity contribution in [2.75, 3.05) is 10.0 Å². The number of aryl methyl sites for hydroxylation is 1. The van der Waals surface area contributed by atoms with Crippen LogP contribution in [0.25, 0.3) is 0 Å². The van der Waals surface area contributed by atoms with Crippen LogP contribution in [0.1, 0.15) is 24.8 Å². The van der Waals surface area contributed by atoms with Crippen molar-refractivity contribution < 1.29 is 13.2 Å². The summed E-state index contributed by atoms with van der Waals surface area (Å²) >= 11 is 5.90. The number of hydrogen-bond acceptors (Lipinski definition) is 3. The van der Waals surface area contributed by atoms with E-state index in [4.69, 9.17) is 11.6 Å². The molecule has 2 aromatic rings. The minimum atomic E-state index is -3.79. The van der Waals surface area contributed by atoms with Gasteiger partial charge in [0, 0.05) is 16.6 Å². The highest BCUT2D eigenvalue weighted by molar-refractivity contribution is 7.92. The topological polar surface area (TPSA) is 75.3 Å². The van der Waals surface area contributed by atoms with Gasteiger partial charge in [0.25, 0.3) is 10.0 Å². The molecule has 0 spiro atoms. The second-order valence-corrected chi connectivity index (χ2v) is 8.30. The first-order valence-electron chi connectivity index (χ1n) is 8.05. The number of carbonyl (C=O) groups excluding carboxylic acids is 1. The van der Waals surface area contributed by atoms with Gasteiger partial charge in [0.2, 0.25) is 5.91 Å². The second-order valence-electron chi connectivity index (χ2n) is 6.21. The standard InChI is InChI=1S/C18H19ClN2O3S/c1-12-8-9-15(20-18(22)13-4-2-5-13)11-17(12)25(23,24)21-16-7-3-6-14(19)10-16/h3,6-11,13,21H,2,4-5H2,1H3,(H,20,22). The minimum Gasteiger partial charge on any atom is -0.326 e. The molecule has 1 aliphatic carbocycles. The number of rotatable bonds is 5. The lowest BCUT2D eigenvalue weighted by Gasteiger charge is -2.24. The van der Waals surface area contributed by atoms with Gasteiger partial charge in [-0.2, -0.15) is 0 Å². The lowest BCUT2D eigenvalue weighted by molar-refractivity contribution is -0.122. The van der Waals surface area contributed by atoms with E-state index in [1.165, 1.54) is 12.1 Å². The molecule has 1 amide bonds. The number of halogens is 1. The van der Waals surface area contributed by atoms with Crippen molar-refractivity contribution in [3.05, 3.63) is 53.1 Å². The predicted octanol–water partition coefficient (Wildman–Crippen LogP) is 4.19. The maximum atomic E-state index is 12.7. The quantitative estimate of drug-likeness (QED) is 0.819. The highest BCUT2D eigenvalue weighted by Gasteiger charge is 2.25. The van der Waals surface area contributed by atoms with Crippen molar-refractivity contribution >= 4 is 38.9 Å². The molecule has 25 heavy (non-hydrogen) atoms. The molecule has 0 radical (unpaired) electrons. The van der Waals surface area contributed by atoms with Gasteiger partial charge in [-0.1, -0.05) is 30.2 Å². The molecule has 2 aromatic carbocycles. The van der Waals surface area contributed by atoms with Gasteiger partial charge in [-0.3, -0.25) is 9.52 Å². The highest BCUT2D eigenvalue weighted by atomic mass is 35.5. The van der Waals surface area contributed by atoms with Crippen LogP contribution in [-0.2, 0) is 14.8 Å². The Hall–Kier alpha value is -2.05. The summed E-state index contributed by atoms with van der Waals surface area (Å²) < 4.78 is 27.9. The lowest BCUT2D eigenvalue weighted by Crippen LogP contribution is -2.28. The third-order valence-electron chi connectivity index (χ3n) is 4.30. The van der Waals surface area contributed by atoms with E-state index in [9.17, 15) is 13.2 Å². The fraction of sp³-hybridized carbons (Fsp3) is 0.278. The molecule has 132 valence electrons. The first-order chi connectivity index (χ1) is 11.8. The highest BCUT2D eigenvalue weighted by Crippen LogP contribution is 2.29. The zero-order valence-electron chi connectivity index (χ0n) is 13.8. The van der Waals surface area contributed by atoms with Crippen molar-refractivity contribution in [3.63, 3.8) is 0 Å².